The van der Waals surface area contributed by atoms with Crippen LogP contribution in [0.5, 0.6) is 5.75 Å². The molecule has 0 aliphatic rings. The van der Waals surface area contributed by atoms with Gasteiger partial charge in [0.05, 0.1) is 12.2 Å². The molecule has 1 aromatic rings. The number of halogens is 3. The Kier molecular flexibility index (Phi) is 5.35. The summed E-state index contributed by atoms with van der Waals surface area (Å²) in [4.78, 5) is 11.3. The maximum atomic E-state index is 12.6. The lowest BCUT2D eigenvalue weighted by Gasteiger charge is -2.12. The molecule has 19 heavy (non-hydrogen) atoms. The Hall–Kier alpha value is -1.56. The topological polar surface area (TPSA) is 46.5 Å². The van der Waals surface area contributed by atoms with Gasteiger partial charge in [-0.3, -0.25) is 4.79 Å². The highest BCUT2D eigenvalue weighted by atomic mass is 19.4. The zero-order valence-electron chi connectivity index (χ0n) is 10.5. The highest BCUT2D eigenvalue weighted by Gasteiger charge is 2.33. The van der Waals surface area contributed by atoms with Crippen LogP contribution in [0.25, 0.3) is 0 Å². The number of benzene rings is 1. The lowest BCUT2D eigenvalue weighted by atomic mass is 10.1. The molecule has 0 aromatic heterocycles. The van der Waals surface area contributed by atoms with Gasteiger partial charge in [0.2, 0.25) is 0 Å². The monoisotopic (exact) mass is 276 g/mol. The molecular formula is C13H15F3O3. The maximum Gasteiger partial charge on any atom is 0.416 e. The van der Waals surface area contributed by atoms with Crippen LogP contribution >= 0.6 is 0 Å². The summed E-state index contributed by atoms with van der Waals surface area (Å²) >= 11 is 0. The molecule has 0 heterocycles. The van der Waals surface area contributed by atoms with Crippen molar-refractivity contribution in [2.24, 2.45) is 0 Å². The van der Waals surface area contributed by atoms with Crippen molar-refractivity contribution in [2.45, 2.75) is 39.0 Å². The normalized spacial score (nSPS) is 11.4. The Bertz CT molecular complexity index is 441. The molecule has 106 valence electrons. The van der Waals surface area contributed by atoms with E-state index in [4.69, 9.17) is 9.84 Å². The number of rotatable bonds is 5. The third-order valence-electron chi connectivity index (χ3n) is 2.52. The van der Waals surface area contributed by atoms with Gasteiger partial charge in [0.15, 0.2) is 0 Å². The van der Waals surface area contributed by atoms with Crippen molar-refractivity contribution in [3.63, 3.8) is 0 Å². The number of aliphatic hydroxyl groups excluding tert-OH is 1. The second kappa shape index (κ2) is 6.56. The summed E-state index contributed by atoms with van der Waals surface area (Å²) in [7, 11) is 0. The molecule has 0 amide bonds. The summed E-state index contributed by atoms with van der Waals surface area (Å²) in [5.41, 5.74) is -1.24. The molecule has 0 radical (unpaired) electrons. The third kappa shape index (κ3) is 4.55. The Balaban J connectivity index is 2.86. The van der Waals surface area contributed by atoms with E-state index in [-0.39, 0.29) is 17.7 Å². The van der Waals surface area contributed by atoms with Crippen LogP contribution in [0, 0.1) is 0 Å². The van der Waals surface area contributed by atoms with E-state index < -0.39 is 24.3 Å². The summed E-state index contributed by atoms with van der Waals surface area (Å²) in [6.07, 6.45) is -2.84. The van der Waals surface area contributed by atoms with Gasteiger partial charge in [0.25, 0.3) is 0 Å². The Morgan fingerprint density at radius 1 is 1.37 bits per heavy atom. The number of esters is 1. The molecule has 1 aromatic carbocycles. The first-order chi connectivity index (χ1) is 8.88. The van der Waals surface area contributed by atoms with Crippen LogP contribution in [0.15, 0.2) is 18.2 Å². The number of hydrogen-bond donors (Lipinski definition) is 1. The lowest BCUT2D eigenvalue weighted by molar-refractivity contribution is -0.138. The number of unbranched alkanes of at least 4 members (excludes halogenated alkanes) is 1. The molecule has 0 fully saturated rings. The van der Waals surface area contributed by atoms with E-state index in [1.807, 2.05) is 6.92 Å². The molecule has 0 atom stereocenters. The van der Waals surface area contributed by atoms with Gasteiger partial charge >= 0.3 is 12.1 Å². The van der Waals surface area contributed by atoms with E-state index in [0.29, 0.717) is 6.42 Å². The van der Waals surface area contributed by atoms with E-state index in [0.717, 1.165) is 24.6 Å². The first-order valence-electron chi connectivity index (χ1n) is 5.90. The number of hydrogen-bond acceptors (Lipinski definition) is 3. The third-order valence-corrected chi connectivity index (χ3v) is 2.52. The van der Waals surface area contributed by atoms with Gasteiger partial charge in [-0.05, 0) is 30.2 Å². The van der Waals surface area contributed by atoms with Crippen LogP contribution in [-0.2, 0) is 17.6 Å². The summed E-state index contributed by atoms with van der Waals surface area (Å²) in [6, 6.07) is 2.91. The second-order valence-corrected chi connectivity index (χ2v) is 4.05. The van der Waals surface area contributed by atoms with Crippen LogP contribution in [0.4, 0.5) is 13.2 Å². The molecule has 0 unspecified atom stereocenters. The summed E-state index contributed by atoms with van der Waals surface area (Å²) in [5.74, 6) is -0.483. The molecule has 1 rings (SSSR count). The number of alkyl halides is 3. The zero-order chi connectivity index (χ0) is 14.5. The Labute approximate surface area is 109 Å². The summed E-state index contributed by atoms with van der Waals surface area (Å²) in [6.45, 7) is 1.14. The molecule has 0 spiro atoms. The van der Waals surface area contributed by atoms with Crippen LogP contribution < -0.4 is 4.74 Å². The van der Waals surface area contributed by atoms with Gasteiger partial charge in [-0.1, -0.05) is 13.3 Å². The number of carbonyl (C=O) groups excluding carboxylic acids is 1. The SMILES string of the molecule is CCCCC(=O)Oc1ccc(C(F)(F)F)c(CO)c1. The molecule has 0 aliphatic carbocycles. The smallest absolute Gasteiger partial charge is 0.416 e. The van der Waals surface area contributed by atoms with Crippen LogP contribution in [0.1, 0.15) is 37.3 Å². The lowest BCUT2D eigenvalue weighted by Crippen LogP contribution is -2.11. The van der Waals surface area contributed by atoms with Crippen molar-refractivity contribution in [1.29, 1.82) is 0 Å². The van der Waals surface area contributed by atoms with Crippen molar-refractivity contribution >= 4 is 5.97 Å². The fourth-order valence-electron chi connectivity index (χ4n) is 1.54. The fourth-order valence-corrected chi connectivity index (χ4v) is 1.54. The number of aliphatic hydroxyl groups is 1. The van der Waals surface area contributed by atoms with Gasteiger partial charge in [0, 0.05) is 6.42 Å². The fraction of sp³-hybridized carbons (Fsp3) is 0.462. The van der Waals surface area contributed by atoms with E-state index in [9.17, 15) is 18.0 Å². The summed E-state index contributed by atoms with van der Waals surface area (Å²) < 4.78 is 42.6. The first-order valence-corrected chi connectivity index (χ1v) is 5.90. The molecule has 0 saturated heterocycles. The minimum atomic E-state index is -4.54. The second-order valence-electron chi connectivity index (χ2n) is 4.05. The molecule has 0 saturated carbocycles. The van der Waals surface area contributed by atoms with Crippen LogP contribution in [-0.4, -0.2) is 11.1 Å². The largest absolute Gasteiger partial charge is 0.427 e. The molecule has 0 bridgehead atoms. The molecule has 1 N–H and O–H groups in total. The minimum absolute atomic E-state index is 0.0122. The van der Waals surface area contributed by atoms with E-state index in [1.54, 1.807) is 0 Å². The van der Waals surface area contributed by atoms with Gasteiger partial charge in [-0.25, -0.2) is 0 Å². The van der Waals surface area contributed by atoms with Gasteiger partial charge in [0.1, 0.15) is 5.75 Å². The molecule has 3 nitrogen and oxygen atoms in total. The zero-order valence-corrected chi connectivity index (χ0v) is 10.5. The van der Waals surface area contributed by atoms with Gasteiger partial charge in [-0.15, -0.1) is 0 Å². The van der Waals surface area contributed by atoms with Crippen molar-refractivity contribution in [3.8, 4) is 5.75 Å². The van der Waals surface area contributed by atoms with E-state index >= 15 is 0 Å². The van der Waals surface area contributed by atoms with Gasteiger partial charge in [-0.2, -0.15) is 13.2 Å². The standard InChI is InChI=1S/C13H15F3O3/c1-2-3-4-12(18)19-10-5-6-11(13(14,15)16)9(7-10)8-17/h5-7,17H,2-4,8H2,1H3. The number of ether oxygens (including phenoxy) is 1. The van der Waals surface area contributed by atoms with Crippen LogP contribution in [0.2, 0.25) is 0 Å². The van der Waals surface area contributed by atoms with Crippen molar-refractivity contribution in [3.05, 3.63) is 29.3 Å². The van der Waals surface area contributed by atoms with E-state index in [1.165, 1.54) is 0 Å². The molecule has 6 heteroatoms. The Morgan fingerprint density at radius 2 is 2.05 bits per heavy atom. The predicted molar refractivity (Wildman–Crippen MR) is 62.5 cm³/mol. The minimum Gasteiger partial charge on any atom is -0.427 e. The Morgan fingerprint density at radius 3 is 2.58 bits per heavy atom. The molecular weight excluding hydrogens is 261 g/mol. The van der Waals surface area contributed by atoms with E-state index in [2.05, 4.69) is 0 Å². The predicted octanol–water partition coefficient (Wildman–Crippen LogP) is 3.29. The number of carbonyl (C=O) groups is 1. The van der Waals surface area contributed by atoms with Crippen molar-refractivity contribution < 1.29 is 27.8 Å². The average molecular weight is 276 g/mol. The van der Waals surface area contributed by atoms with Crippen molar-refractivity contribution in [2.75, 3.05) is 0 Å². The molecule has 0 aliphatic heterocycles. The van der Waals surface area contributed by atoms with Gasteiger partial charge < -0.3 is 9.84 Å². The average Bonchev–Trinajstić information content (AvgIpc) is 2.34. The first kappa shape index (κ1) is 15.5. The summed E-state index contributed by atoms with van der Waals surface area (Å²) in [5, 5.41) is 8.94. The maximum absolute atomic E-state index is 12.6. The van der Waals surface area contributed by atoms with Crippen molar-refractivity contribution in [1.82, 2.24) is 0 Å². The van der Waals surface area contributed by atoms with Crippen LogP contribution in [0.3, 0.4) is 0 Å². The highest BCUT2D eigenvalue weighted by Crippen LogP contribution is 2.33. The highest BCUT2D eigenvalue weighted by molar-refractivity contribution is 5.72. The quantitative estimate of drug-likeness (QED) is 0.663.